The number of para-hydroxylation sites is 3. The van der Waals surface area contributed by atoms with Crippen LogP contribution in [0, 0.1) is 0 Å². The number of benzene rings is 6. The van der Waals surface area contributed by atoms with E-state index in [9.17, 15) is 0 Å². The molecule has 0 fully saturated rings. The quantitative estimate of drug-likeness (QED) is 0.213. The van der Waals surface area contributed by atoms with Gasteiger partial charge in [-0.2, -0.15) is 0 Å². The molecular weight excluding hydrogens is 585 g/mol. The van der Waals surface area contributed by atoms with Gasteiger partial charge in [-0.1, -0.05) is 112 Å². The van der Waals surface area contributed by atoms with Gasteiger partial charge in [0, 0.05) is 50.2 Å². The van der Waals surface area contributed by atoms with Crippen LogP contribution in [0.5, 0.6) is 0 Å². The van der Waals surface area contributed by atoms with Crippen molar-refractivity contribution in [3.63, 3.8) is 0 Å². The van der Waals surface area contributed by atoms with Crippen LogP contribution in [0.25, 0.3) is 83.1 Å². The molecule has 6 aromatic carbocycles. The molecule has 3 heterocycles. The number of hydrogen-bond donors (Lipinski definition) is 1. The number of fused-ring (bicyclic) bond motifs is 5. The molecule has 0 aliphatic rings. The number of nitrogens with one attached hydrogen (secondary N) is 1. The Morgan fingerprint density at radius 3 is 2.21 bits per heavy atom. The maximum atomic E-state index is 5.55. The molecule has 0 amide bonds. The van der Waals surface area contributed by atoms with Crippen LogP contribution in [0.3, 0.4) is 0 Å². The van der Waals surface area contributed by atoms with Crippen molar-refractivity contribution in [2.24, 2.45) is 0 Å². The van der Waals surface area contributed by atoms with Gasteiger partial charge in [0.1, 0.15) is 5.82 Å². The Bertz CT molecular complexity index is 2650. The average molecular weight is 619 g/mol. The Labute approximate surface area is 279 Å². The summed E-state index contributed by atoms with van der Waals surface area (Å²) in [6.07, 6.45) is 1.96. The molecule has 0 spiro atoms. The van der Waals surface area contributed by atoms with Crippen LogP contribution in [0.1, 0.15) is 26.3 Å². The van der Waals surface area contributed by atoms with Gasteiger partial charge in [0.05, 0.1) is 22.2 Å². The van der Waals surface area contributed by atoms with E-state index in [0.717, 1.165) is 66.9 Å². The van der Waals surface area contributed by atoms with E-state index in [4.69, 9.17) is 9.97 Å². The van der Waals surface area contributed by atoms with Gasteiger partial charge >= 0.3 is 0 Å². The third kappa shape index (κ3) is 4.60. The van der Waals surface area contributed by atoms with Crippen molar-refractivity contribution in [1.82, 2.24) is 19.5 Å². The van der Waals surface area contributed by atoms with Crippen molar-refractivity contribution in [2.45, 2.75) is 26.2 Å². The number of hydrogen-bond acceptors (Lipinski definition) is 2. The SMILES string of the molecule is CC(C)(C)c1cc(-c2nc3c(-c4cccc(-c5cc6ccccc6cn5)c4)cccc3n2-c2ccccc2)c2[nH]c3ccccc3c2c1. The van der Waals surface area contributed by atoms with Crippen LogP contribution < -0.4 is 0 Å². The Morgan fingerprint density at radius 1 is 0.604 bits per heavy atom. The zero-order valence-electron chi connectivity index (χ0n) is 27.2. The lowest BCUT2D eigenvalue weighted by Crippen LogP contribution is -2.11. The predicted octanol–water partition coefficient (Wildman–Crippen LogP) is 11.5. The van der Waals surface area contributed by atoms with Crippen LogP contribution in [0.15, 0.2) is 146 Å². The van der Waals surface area contributed by atoms with Gasteiger partial charge in [0.2, 0.25) is 0 Å². The molecule has 9 aromatic rings. The van der Waals surface area contributed by atoms with Crippen LogP contribution in [-0.2, 0) is 5.41 Å². The van der Waals surface area contributed by atoms with Crippen LogP contribution in [0.4, 0.5) is 0 Å². The summed E-state index contributed by atoms with van der Waals surface area (Å²) in [5, 5.41) is 4.76. The number of imidazole rings is 1. The molecule has 0 atom stereocenters. The van der Waals surface area contributed by atoms with Crippen LogP contribution in [0.2, 0.25) is 0 Å². The lowest BCUT2D eigenvalue weighted by molar-refractivity contribution is 0.591. The van der Waals surface area contributed by atoms with Crippen molar-refractivity contribution in [3.8, 4) is 39.5 Å². The summed E-state index contributed by atoms with van der Waals surface area (Å²) in [4.78, 5) is 14.1. The van der Waals surface area contributed by atoms with Crippen molar-refractivity contribution >= 4 is 43.6 Å². The van der Waals surface area contributed by atoms with Crippen molar-refractivity contribution in [2.75, 3.05) is 0 Å². The number of pyridine rings is 1. The Hall–Kier alpha value is -6.00. The molecule has 1 N–H and O–H groups in total. The van der Waals surface area contributed by atoms with E-state index in [0.29, 0.717) is 0 Å². The maximum absolute atomic E-state index is 5.55. The lowest BCUT2D eigenvalue weighted by atomic mass is 9.85. The molecule has 0 aliphatic heterocycles. The molecule has 0 unspecified atom stereocenters. The molecule has 0 radical (unpaired) electrons. The number of H-pyrrole nitrogens is 1. The number of rotatable bonds is 4. The fraction of sp³-hybridized carbons (Fsp3) is 0.0909. The standard InChI is InChI=1S/C44H34N4/c1-44(2,3)32-25-36-35-19-9-10-21-38(35)46-41(36)37(26-32)43-47-42-34(20-12-22-40(42)48(43)33-17-5-4-6-18-33)29-15-11-16-30(23-29)39-24-28-13-7-8-14-31(28)27-45-39/h4-27,46H,1-3H3. The highest BCUT2D eigenvalue weighted by Crippen LogP contribution is 2.41. The summed E-state index contributed by atoms with van der Waals surface area (Å²) >= 11 is 0. The second-order valence-electron chi connectivity index (χ2n) is 13.6. The summed E-state index contributed by atoms with van der Waals surface area (Å²) in [7, 11) is 0. The van der Waals surface area contributed by atoms with E-state index < -0.39 is 0 Å². The molecule has 0 saturated carbocycles. The largest absolute Gasteiger partial charge is 0.354 e. The molecule has 230 valence electrons. The first kappa shape index (κ1) is 28.2. The van der Waals surface area contributed by atoms with Gasteiger partial charge in [0.15, 0.2) is 0 Å². The molecule has 48 heavy (non-hydrogen) atoms. The van der Waals surface area contributed by atoms with Gasteiger partial charge in [0.25, 0.3) is 0 Å². The second-order valence-corrected chi connectivity index (χ2v) is 13.6. The zero-order valence-corrected chi connectivity index (χ0v) is 27.2. The van der Waals surface area contributed by atoms with Crippen molar-refractivity contribution in [3.05, 3.63) is 151 Å². The fourth-order valence-corrected chi connectivity index (χ4v) is 7.00. The molecule has 9 rings (SSSR count). The molecule has 0 bridgehead atoms. The van der Waals surface area contributed by atoms with Crippen molar-refractivity contribution < 1.29 is 0 Å². The normalized spacial score (nSPS) is 12.1. The number of aromatic nitrogens is 4. The van der Waals surface area contributed by atoms with E-state index >= 15 is 0 Å². The predicted molar refractivity (Wildman–Crippen MR) is 201 cm³/mol. The molecule has 3 aromatic heterocycles. The monoisotopic (exact) mass is 618 g/mol. The first-order chi connectivity index (χ1) is 23.4. The Kier molecular flexibility index (Phi) is 6.34. The first-order valence-electron chi connectivity index (χ1n) is 16.5. The highest BCUT2D eigenvalue weighted by Gasteiger charge is 2.24. The lowest BCUT2D eigenvalue weighted by Gasteiger charge is -2.21. The molecule has 0 saturated heterocycles. The van der Waals surface area contributed by atoms with Crippen molar-refractivity contribution in [1.29, 1.82) is 0 Å². The minimum absolute atomic E-state index is 0.0483. The molecular formula is C44H34N4. The summed E-state index contributed by atoms with van der Waals surface area (Å²) < 4.78 is 2.32. The topological polar surface area (TPSA) is 46.5 Å². The van der Waals surface area contributed by atoms with E-state index in [-0.39, 0.29) is 5.41 Å². The summed E-state index contributed by atoms with van der Waals surface area (Å²) in [5.41, 5.74) is 11.9. The Balaban J connectivity index is 1.31. The molecule has 4 nitrogen and oxygen atoms in total. The minimum Gasteiger partial charge on any atom is -0.354 e. The fourth-order valence-electron chi connectivity index (χ4n) is 7.00. The highest BCUT2D eigenvalue weighted by atomic mass is 15.1. The van der Waals surface area contributed by atoms with E-state index in [1.807, 2.05) is 6.20 Å². The minimum atomic E-state index is -0.0483. The highest BCUT2D eigenvalue weighted by molar-refractivity contribution is 6.12. The van der Waals surface area contributed by atoms with Gasteiger partial charge < -0.3 is 4.98 Å². The van der Waals surface area contributed by atoms with Gasteiger partial charge in [-0.3, -0.25) is 9.55 Å². The zero-order chi connectivity index (χ0) is 32.4. The summed E-state index contributed by atoms with van der Waals surface area (Å²) in [5.74, 6) is 0.915. The second kappa shape index (κ2) is 10.8. The van der Waals surface area contributed by atoms with Gasteiger partial charge in [-0.05, 0) is 70.5 Å². The van der Waals surface area contributed by atoms with E-state index in [1.54, 1.807) is 0 Å². The smallest absolute Gasteiger partial charge is 0.147 e. The maximum Gasteiger partial charge on any atom is 0.147 e. The van der Waals surface area contributed by atoms with E-state index in [2.05, 4.69) is 170 Å². The Morgan fingerprint density at radius 2 is 1.35 bits per heavy atom. The van der Waals surface area contributed by atoms with Gasteiger partial charge in [-0.15, -0.1) is 0 Å². The molecule has 4 heteroatoms. The van der Waals surface area contributed by atoms with E-state index in [1.165, 1.54) is 21.7 Å². The summed E-state index contributed by atoms with van der Waals surface area (Å²) in [6, 6.07) is 49.6. The van der Waals surface area contributed by atoms with Gasteiger partial charge in [-0.25, -0.2) is 4.98 Å². The first-order valence-corrected chi connectivity index (χ1v) is 16.5. The summed E-state index contributed by atoms with van der Waals surface area (Å²) in [6.45, 7) is 6.84. The third-order valence-corrected chi connectivity index (χ3v) is 9.52. The number of nitrogens with zero attached hydrogens (tertiary/aromatic N) is 3. The average Bonchev–Trinajstić information content (AvgIpc) is 3.70. The van der Waals surface area contributed by atoms with Crippen LogP contribution in [-0.4, -0.2) is 19.5 Å². The number of aromatic amines is 1. The molecule has 0 aliphatic carbocycles. The van der Waals surface area contributed by atoms with Crippen LogP contribution >= 0.6 is 0 Å². The third-order valence-electron chi connectivity index (χ3n) is 9.52.